The number of carbonyl (C=O) groups is 2. The topological polar surface area (TPSA) is 79.3 Å². The molecule has 0 spiro atoms. The number of pyridine rings is 1. The first kappa shape index (κ1) is 12.8. The number of nitrogens with one attached hydrogen (secondary N) is 1. The fraction of sp³-hybridized carbons (Fsp3) is 0.0714. The molecule has 0 aliphatic carbocycles. The van der Waals surface area contributed by atoms with E-state index in [4.69, 9.17) is 5.11 Å². The Morgan fingerprint density at radius 1 is 1.16 bits per heavy atom. The van der Waals surface area contributed by atoms with Crippen molar-refractivity contribution in [2.45, 2.75) is 6.92 Å². The summed E-state index contributed by atoms with van der Waals surface area (Å²) in [6.45, 7) is 1.82. The minimum atomic E-state index is -1.18. The molecule has 0 radical (unpaired) electrons. The van der Waals surface area contributed by atoms with Crippen LogP contribution in [0, 0.1) is 6.92 Å². The van der Waals surface area contributed by atoms with Crippen LogP contribution in [0.15, 0.2) is 42.6 Å². The maximum Gasteiger partial charge on any atom is 0.356 e. The lowest BCUT2D eigenvalue weighted by Crippen LogP contribution is -2.16. The number of hydrogen-bond donors (Lipinski definition) is 2. The summed E-state index contributed by atoms with van der Waals surface area (Å²) in [6.07, 6.45) is 1.37. The number of rotatable bonds is 3. The molecule has 2 rings (SSSR count). The minimum absolute atomic E-state index is 0.176. The van der Waals surface area contributed by atoms with Crippen LogP contribution in [-0.2, 0) is 0 Å². The molecule has 2 aromatic rings. The van der Waals surface area contributed by atoms with Gasteiger partial charge in [-0.3, -0.25) is 4.79 Å². The first-order valence-corrected chi connectivity index (χ1v) is 5.65. The Labute approximate surface area is 109 Å². The second-order valence-corrected chi connectivity index (χ2v) is 3.97. The lowest BCUT2D eigenvalue weighted by Gasteiger charge is -2.09. The number of aryl methyl sites for hydroxylation is 1. The number of aromatic carboxylic acids is 1. The lowest BCUT2D eigenvalue weighted by atomic mass is 10.1. The van der Waals surface area contributed by atoms with E-state index < -0.39 is 5.97 Å². The van der Waals surface area contributed by atoms with Crippen LogP contribution in [-0.4, -0.2) is 22.0 Å². The van der Waals surface area contributed by atoms with E-state index in [0.29, 0.717) is 5.56 Å². The predicted molar refractivity (Wildman–Crippen MR) is 70.3 cm³/mol. The minimum Gasteiger partial charge on any atom is -0.476 e. The van der Waals surface area contributed by atoms with Crippen molar-refractivity contribution in [2.24, 2.45) is 0 Å². The summed E-state index contributed by atoms with van der Waals surface area (Å²) in [4.78, 5) is 26.8. The van der Waals surface area contributed by atoms with Crippen LogP contribution < -0.4 is 5.32 Å². The van der Waals surface area contributed by atoms with Crippen LogP contribution in [0.4, 0.5) is 5.69 Å². The molecule has 0 saturated heterocycles. The highest BCUT2D eigenvalue weighted by Crippen LogP contribution is 2.15. The van der Waals surface area contributed by atoms with Gasteiger partial charge in [0.1, 0.15) is 0 Å². The van der Waals surface area contributed by atoms with E-state index in [2.05, 4.69) is 10.3 Å². The van der Waals surface area contributed by atoms with Crippen LogP contribution in [0.3, 0.4) is 0 Å². The van der Waals surface area contributed by atoms with Crippen LogP contribution in [0.2, 0.25) is 0 Å². The Kier molecular flexibility index (Phi) is 3.56. The number of amides is 1. The first-order chi connectivity index (χ1) is 9.09. The number of carboxylic acids is 1. The van der Waals surface area contributed by atoms with Crippen molar-refractivity contribution >= 4 is 17.6 Å². The SMILES string of the molecule is Cc1ccccc1C(=O)Nc1cccnc1C(=O)O. The highest BCUT2D eigenvalue weighted by molar-refractivity contribution is 6.07. The quantitative estimate of drug-likeness (QED) is 0.883. The van der Waals surface area contributed by atoms with Crippen LogP contribution in [0.5, 0.6) is 0 Å². The number of anilines is 1. The molecule has 96 valence electrons. The average Bonchev–Trinajstić information content (AvgIpc) is 2.39. The summed E-state index contributed by atoms with van der Waals surface area (Å²) in [6, 6.07) is 10.2. The van der Waals surface area contributed by atoms with Crippen molar-refractivity contribution < 1.29 is 14.7 Å². The predicted octanol–water partition coefficient (Wildman–Crippen LogP) is 2.34. The fourth-order valence-corrected chi connectivity index (χ4v) is 1.69. The molecule has 0 fully saturated rings. The molecule has 1 aromatic carbocycles. The van der Waals surface area contributed by atoms with Crippen molar-refractivity contribution in [1.29, 1.82) is 0 Å². The van der Waals surface area contributed by atoms with Gasteiger partial charge in [0.25, 0.3) is 5.91 Å². The van der Waals surface area contributed by atoms with Crippen LogP contribution in [0.1, 0.15) is 26.4 Å². The van der Waals surface area contributed by atoms with Crippen molar-refractivity contribution in [3.05, 3.63) is 59.4 Å². The van der Waals surface area contributed by atoms with Crippen LogP contribution >= 0.6 is 0 Å². The molecule has 19 heavy (non-hydrogen) atoms. The van der Waals surface area contributed by atoms with Crippen molar-refractivity contribution in [3.8, 4) is 0 Å². The zero-order valence-corrected chi connectivity index (χ0v) is 10.3. The Balaban J connectivity index is 2.30. The summed E-state index contributed by atoms with van der Waals surface area (Å²) < 4.78 is 0. The maximum absolute atomic E-state index is 12.1. The van der Waals surface area contributed by atoms with Gasteiger partial charge >= 0.3 is 5.97 Å². The number of carboxylic acid groups (broad SMARTS) is 1. The van der Waals surface area contributed by atoms with Gasteiger partial charge in [-0.1, -0.05) is 18.2 Å². The molecule has 0 aliphatic heterocycles. The molecule has 0 atom stereocenters. The van der Waals surface area contributed by atoms with Gasteiger partial charge in [0.05, 0.1) is 5.69 Å². The van der Waals surface area contributed by atoms with E-state index in [1.165, 1.54) is 12.3 Å². The zero-order valence-electron chi connectivity index (χ0n) is 10.3. The standard InChI is InChI=1S/C14H12N2O3/c1-9-5-2-3-6-10(9)13(17)16-11-7-4-8-15-12(11)14(18)19/h2-8H,1H3,(H,16,17)(H,18,19). The molecule has 0 aliphatic rings. The molecule has 1 amide bonds. The second-order valence-electron chi connectivity index (χ2n) is 3.97. The molecule has 0 bridgehead atoms. The third-order valence-corrected chi connectivity index (χ3v) is 2.65. The Morgan fingerprint density at radius 2 is 1.89 bits per heavy atom. The number of aromatic nitrogens is 1. The van der Waals surface area contributed by atoms with E-state index in [0.717, 1.165) is 5.56 Å². The van der Waals surface area contributed by atoms with Gasteiger partial charge in [-0.05, 0) is 30.7 Å². The van der Waals surface area contributed by atoms with Gasteiger partial charge in [-0.25, -0.2) is 9.78 Å². The van der Waals surface area contributed by atoms with Gasteiger partial charge in [0.2, 0.25) is 0 Å². The first-order valence-electron chi connectivity index (χ1n) is 5.65. The third kappa shape index (κ3) is 2.77. The molecular formula is C14H12N2O3. The van der Waals surface area contributed by atoms with Crippen molar-refractivity contribution in [3.63, 3.8) is 0 Å². The summed E-state index contributed by atoms with van der Waals surface area (Å²) in [5, 5.41) is 11.6. The molecule has 1 heterocycles. The monoisotopic (exact) mass is 256 g/mol. The van der Waals surface area contributed by atoms with E-state index in [1.807, 2.05) is 19.1 Å². The lowest BCUT2D eigenvalue weighted by molar-refractivity contribution is 0.0692. The smallest absolute Gasteiger partial charge is 0.356 e. The summed E-state index contributed by atoms with van der Waals surface area (Å²) in [5.74, 6) is -1.53. The second kappa shape index (κ2) is 5.30. The molecule has 5 heteroatoms. The van der Waals surface area contributed by atoms with Gasteiger partial charge in [-0.15, -0.1) is 0 Å². The summed E-state index contributed by atoms with van der Waals surface area (Å²) in [7, 11) is 0. The Bertz CT molecular complexity index is 638. The molecule has 2 N–H and O–H groups in total. The highest BCUT2D eigenvalue weighted by Gasteiger charge is 2.15. The Hall–Kier alpha value is -2.69. The van der Waals surface area contributed by atoms with Gasteiger partial charge < -0.3 is 10.4 Å². The van der Waals surface area contributed by atoms with Gasteiger partial charge in [0, 0.05) is 11.8 Å². The molecule has 0 unspecified atom stereocenters. The van der Waals surface area contributed by atoms with Crippen molar-refractivity contribution in [1.82, 2.24) is 4.98 Å². The van der Waals surface area contributed by atoms with E-state index in [-0.39, 0.29) is 17.3 Å². The number of carbonyl (C=O) groups excluding carboxylic acids is 1. The summed E-state index contributed by atoms with van der Waals surface area (Å²) in [5.41, 5.74) is 1.33. The molecular weight excluding hydrogens is 244 g/mol. The zero-order chi connectivity index (χ0) is 13.8. The number of nitrogens with zero attached hydrogens (tertiary/aromatic N) is 1. The number of hydrogen-bond acceptors (Lipinski definition) is 3. The molecule has 0 saturated carbocycles. The summed E-state index contributed by atoms with van der Waals surface area (Å²) >= 11 is 0. The highest BCUT2D eigenvalue weighted by atomic mass is 16.4. The normalized spacial score (nSPS) is 9.95. The van der Waals surface area contributed by atoms with Crippen LogP contribution in [0.25, 0.3) is 0 Å². The average molecular weight is 256 g/mol. The van der Waals surface area contributed by atoms with Gasteiger partial charge in [0.15, 0.2) is 5.69 Å². The third-order valence-electron chi connectivity index (χ3n) is 2.65. The molecule has 1 aromatic heterocycles. The maximum atomic E-state index is 12.1. The number of benzene rings is 1. The van der Waals surface area contributed by atoms with E-state index >= 15 is 0 Å². The van der Waals surface area contributed by atoms with Crippen molar-refractivity contribution in [2.75, 3.05) is 5.32 Å². The van der Waals surface area contributed by atoms with E-state index in [1.54, 1.807) is 18.2 Å². The van der Waals surface area contributed by atoms with Gasteiger partial charge in [-0.2, -0.15) is 0 Å². The largest absolute Gasteiger partial charge is 0.476 e. The fourth-order valence-electron chi connectivity index (χ4n) is 1.69. The molecule has 5 nitrogen and oxygen atoms in total. The Morgan fingerprint density at radius 3 is 2.58 bits per heavy atom. The van der Waals surface area contributed by atoms with E-state index in [9.17, 15) is 9.59 Å².